The van der Waals surface area contributed by atoms with Gasteiger partial charge in [-0.2, -0.15) is 5.06 Å². The van der Waals surface area contributed by atoms with E-state index in [4.69, 9.17) is 10.5 Å². The minimum atomic E-state index is -0.686. The van der Waals surface area contributed by atoms with E-state index >= 15 is 0 Å². The molecule has 1 unspecified atom stereocenters. The molecule has 0 radical (unpaired) electrons. The second-order valence-electron chi connectivity index (χ2n) is 3.43. The van der Waals surface area contributed by atoms with E-state index in [9.17, 15) is 10.0 Å². The maximum absolute atomic E-state index is 11.5. The van der Waals surface area contributed by atoms with E-state index < -0.39 is 11.9 Å². The summed E-state index contributed by atoms with van der Waals surface area (Å²) in [5.74, 6) is -0.0396. The van der Waals surface area contributed by atoms with Crippen molar-refractivity contribution >= 4 is 11.6 Å². The molecule has 1 aromatic rings. The molecule has 15 heavy (non-hydrogen) atoms. The number of benzene rings is 1. The minimum absolute atomic E-state index is 0.395. The van der Waals surface area contributed by atoms with Gasteiger partial charge in [0, 0.05) is 0 Å². The van der Waals surface area contributed by atoms with Gasteiger partial charge in [0.05, 0.1) is 13.2 Å². The van der Waals surface area contributed by atoms with E-state index in [1.807, 2.05) is 6.07 Å². The number of nitrogens with two attached hydrogens (primary N) is 1. The first-order valence-electron chi connectivity index (χ1n) is 4.59. The lowest BCUT2D eigenvalue weighted by Gasteiger charge is -2.28. The molecule has 0 aliphatic carbocycles. The van der Waals surface area contributed by atoms with Crippen LogP contribution in [0.2, 0.25) is 0 Å². The van der Waals surface area contributed by atoms with E-state index in [1.165, 1.54) is 7.11 Å². The maximum atomic E-state index is 11.5. The third-order valence-corrected chi connectivity index (χ3v) is 2.48. The van der Waals surface area contributed by atoms with Gasteiger partial charge < -0.3 is 10.5 Å². The molecule has 0 aromatic heterocycles. The molecule has 3 N–H and O–H groups in total. The first-order chi connectivity index (χ1) is 7.15. The molecule has 1 aliphatic rings. The highest BCUT2D eigenvalue weighted by Crippen LogP contribution is 2.35. The third-order valence-electron chi connectivity index (χ3n) is 2.48. The van der Waals surface area contributed by atoms with Crippen LogP contribution in [-0.2, 0) is 11.2 Å². The van der Waals surface area contributed by atoms with Crippen molar-refractivity contribution in [2.24, 2.45) is 5.73 Å². The summed E-state index contributed by atoms with van der Waals surface area (Å²) in [7, 11) is 1.49. The van der Waals surface area contributed by atoms with Crippen molar-refractivity contribution in [2.45, 2.75) is 12.5 Å². The van der Waals surface area contributed by atoms with Gasteiger partial charge in [-0.05, 0) is 18.1 Å². The Morgan fingerprint density at radius 1 is 1.60 bits per heavy atom. The number of nitrogens with zero attached hydrogens (tertiary/aromatic N) is 1. The summed E-state index contributed by atoms with van der Waals surface area (Å²) in [6.45, 7) is 0. The Kier molecular flexibility index (Phi) is 2.34. The van der Waals surface area contributed by atoms with E-state index in [1.54, 1.807) is 12.1 Å². The molecule has 1 amide bonds. The van der Waals surface area contributed by atoms with Crippen LogP contribution in [0.4, 0.5) is 5.69 Å². The summed E-state index contributed by atoms with van der Waals surface area (Å²) in [4.78, 5) is 11.5. The Morgan fingerprint density at radius 2 is 2.33 bits per heavy atom. The number of hydrogen-bond donors (Lipinski definition) is 2. The zero-order valence-corrected chi connectivity index (χ0v) is 8.30. The fourth-order valence-corrected chi connectivity index (χ4v) is 1.73. The molecule has 5 nitrogen and oxygen atoms in total. The molecule has 80 valence electrons. The topological polar surface area (TPSA) is 75.8 Å². The lowest BCUT2D eigenvalue weighted by Crippen LogP contribution is -2.47. The number of para-hydroxylation sites is 1. The predicted octanol–water partition coefficient (Wildman–Crippen LogP) is 0.301. The van der Waals surface area contributed by atoms with Gasteiger partial charge >= 0.3 is 0 Å². The third kappa shape index (κ3) is 1.45. The number of hydrogen-bond acceptors (Lipinski definition) is 4. The van der Waals surface area contributed by atoms with Gasteiger partial charge in [0.15, 0.2) is 0 Å². The minimum Gasteiger partial charge on any atom is -0.494 e. The van der Waals surface area contributed by atoms with Gasteiger partial charge in [-0.3, -0.25) is 10.0 Å². The molecule has 1 aliphatic heterocycles. The molecule has 0 saturated heterocycles. The molecule has 5 heteroatoms. The SMILES string of the molecule is COc1cccc2c1N(O)C(=O)C(N)C2. The van der Waals surface area contributed by atoms with Crippen LogP contribution in [0.15, 0.2) is 18.2 Å². The normalized spacial score (nSPS) is 20.1. The Bertz CT molecular complexity index is 406. The van der Waals surface area contributed by atoms with Crippen LogP contribution in [0.25, 0.3) is 0 Å². The predicted molar refractivity (Wildman–Crippen MR) is 53.9 cm³/mol. The zero-order valence-electron chi connectivity index (χ0n) is 8.30. The summed E-state index contributed by atoms with van der Waals surface area (Å²) >= 11 is 0. The monoisotopic (exact) mass is 208 g/mol. The Balaban J connectivity index is 2.55. The average molecular weight is 208 g/mol. The number of carbonyl (C=O) groups is 1. The summed E-state index contributed by atoms with van der Waals surface area (Å²) in [5, 5.41) is 10.2. The second kappa shape index (κ2) is 3.52. The molecule has 1 aromatic carbocycles. The standard InChI is InChI=1S/C10H12N2O3/c1-15-8-4-2-3-6-5-7(11)10(13)12(14)9(6)8/h2-4,7,14H,5,11H2,1H3. The number of carbonyl (C=O) groups excluding carboxylic acids is 1. The number of ether oxygens (including phenoxy) is 1. The van der Waals surface area contributed by atoms with Crippen LogP contribution >= 0.6 is 0 Å². The highest BCUT2D eigenvalue weighted by Gasteiger charge is 2.31. The van der Waals surface area contributed by atoms with Crippen molar-refractivity contribution in [3.8, 4) is 5.75 Å². The Labute approximate surface area is 87.0 Å². The molecule has 1 atom stereocenters. The summed E-state index contributed by atoms with van der Waals surface area (Å²) in [6, 6.07) is 4.61. The number of hydroxylamine groups is 1. The maximum Gasteiger partial charge on any atom is 0.268 e. The summed E-state index contributed by atoms with van der Waals surface area (Å²) < 4.78 is 5.07. The fourth-order valence-electron chi connectivity index (χ4n) is 1.73. The van der Waals surface area contributed by atoms with E-state index in [0.717, 1.165) is 5.56 Å². The average Bonchev–Trinajstić information content (AvgIpc) is 2.25. The zero-order chi connectivity index (χ0) is 11.0. The van der Waals surface area contributed by atoms with Crippen molar-refractivity contribution in [3.05, 3.63) is 23.8 Å². The molecule has 2 rings (SSSR count). The highest BCUT2D eigenvalue weighted by molar-refractivity contribution is 5.99. The molecule has 0 bridgehead atoms. The van der Waals surface area contributed by atoms with Gasteiger partial charge in [-0.15, -0.1) is 0 Å². The van der Waals surface area contributed by atoms with Crippen molar-refractivity contribution in [1.82, 2.24) is 0 Å². The number of anilines is 1. The van der Waals surface area contributed by atoms with Gasteiger partial charge in [-0.1, -0.05) is 12.1 Å². The Hall–Kier alpha value is -1.59. The quantitative estimate of drug-likeness (QED) is 0.651. The molecular formula is C10H12N2O3. The van der Waals surface area contributed by atoms with Gasteiger partial charge in [0.2, 0.25) is 0 Å². The van der Waals surface area contributed by atoms with Crippen LogP contribution in [-0.4, -0.2) is 24.3 Å². The number of rotatable bonds is 1. The largest absolute Gasteiger partial charge is 0.494 e. The number of methoxy groups -OCH3 is 1. The fraction of sp³-hybridized carbons (Fsp3) is 0.300. The summed E-state index contributed by atoms with van der Waals surface area (Å²) in [5.41, 5.74) is 6.79. The van der Waals surface area contributed by atoms with Crippen LogP contribution in [0.1, 0.15) is 5.56 Å². The molecule has 0 saturated carbocycles. The van der Waals surface area contributed by atoms with E-state index in [2.05, 4.69) is 0 Å². The van der Waals surface area contributed by atoms with Crippen molar-refractivity contribution in [1.29, 1.82) is 0 Å². The summed E-state index contributed by atoms with van der Waals surface area (Å²) in [6.07, 6.45) is 0.419. The lowest BCUT2D eigenvalue weighted by atomic mass is 9.99. The van der Waals surface area contributed by atoms with Crippen LogP contribution < -0.4 is 15.5 Å². The molecule has 0 spiro atoms. The van der Waals surface area contributed by atoms with Gasteiger partial charge in [0.25, 0.3) is 5.91 Å². The first-order valence-corrected chi connectivity index (χ1v) is 4.59. The van der Waals surface area contributed by atoms with Crippen LogP contribution in [0.3, 0.4) is 0 Å². The van der Waals surface area contributed by atoms with Crippen molar-refractivity contribution < 1.29 is 14.7 Å². The van der Waals surface area contributed by atoms with Crippen molar-refractivity contribution in [2.75, 3.05) is 12.2 Å². The molecule has 1 heterocycles. The number of fused-ring (bicyclic) bond motifs is 1. The lowest BCUT2D eigenvalue weighted by molar-refractivity contribution is -0.125. The number of amides is 1. The van der Waals surface area contributed by atoms with Crippen molar-refractivity contribution in [3.63, 3.8) is 0 Å². The van der Waals surface area contributed by atoms with Gasteiger partial charge in [0.1, 0.15) is 11.4 Å². The molecule has 0 fully saturated rings. The highest BCUT2D eigenvalue weighted by atomic mass is 16.5. The Morgan fingerprint density at radius 3 is 3.00 bits per heavy atom. The second-order valence-corrected chi connectivity index (χ2v) is 3.43. The first kappa shape index (κ1) is 9.95. The smallest absolute Gasteiger partial charge is 0.268 e. The van der Waals surface area contributed by atoms with Crippen LogP contribution in [0.5, 0.6) is 5.75 Å². The van der Waals surface area contributed by atoms with E-state index in [0.29, 0.717) is 22.9 Å². The van der Waals surface area contributed by atoms with Crippen LogP contribution in [0, 0.1) is 0 Å². The van der Waals surface area contributed by atoms with Gasteiger partial charge in [-0.25, -0.2) is 0 Å². The van der Waals surface area contributed by atoms with E-state index in [-0.39, 0.29) is 0 Å². The molecular weight excluding hydrogens is 196 g/mol.